The zero-order valence-corrected chi connectivity index (χ0v) is 12.8. The number of methoxy groups -OCH3 is 2. The van der Waals surface area contributed by atoms with Crippen molar-refractivity contribution in [3.63, 3.8) is 0 Å². The van der Waals surface area contributed by atoms with Crippen LogP contribution >= 0.6 is 0 Å². The topological polar surface area (TPSA) is 69.5 Å². The highest BCUT2D eigenvalue weighted by atomic mass is 16.5. The van der Waals surface area contributed by atoms with Crippen LogP contribution in [0.5, 0.6) is 11.5 Å². The Labute approximate surface area is 128 Å². The average molecular weight is 302 g/mol. The molecule has 1 aliphatic heterocycles. The summed E-state index contributed by atoms with van der Waals surface area (Å²) in [5.41, 5.74) is 1.56. The molecule has 1 aliphatic rings. The Morgan fingerprint density at radius 3 is 2.64 bits per heavy atom. The van der Waals surface area contributed by atoms with Crippen LogP contribution in [0.2, 0.25) is 0 Å². The molecule has 3 rings (SSSR count). The van der Waals surface area contributed by atoms with Crippen molar-refractivity contribution in [1.82, 2.24) is 19.9 Å². The van der Waals surface area contributed by atoms with Gasteiger partial charge in [0.2, 0.25) is 5.91 Å². The Kier molecular flexibility index (Phi) is 3.70. The van der Waals surface area contributed by atoms with E-state index in [1.54, 1.807) is 37.0 Å². The summed E-state index contributed by atoms with van der Waals surface area (Å²) < 4.78 is 12.2. The molecule has 1 saturated heterocycles. The lowest BCUT2D eigenvalue weighted by Gasteiger charge is -2.09. The Balaban J connectivity index is 1.89. The summed E-state index contributed by atoms with van der Waals surface area (Å²) >= 11 is 0. The number of aromatic nitrogens is 3. The van der Waals surface area contributed by atoms with Gasteiger partial charge in [-0.2, -0.15) is 0 Å². The first-order valence-electron chi connectivity index (χ1n) is 7.03. The molecule has 0 bridgehead atoms. The largest absolute Gasteiger partial charge is 0.493 e. The Bertz CT molecular complexity index is 698. The molecular weight excluding hydrogens is 284 g/mol. The Morgan fingerprint density at radius 1 is 1.23 bits per heavy atom. The highest BCUT2D eigenvalue weighted by Crippen LogP contribution is 2.32. The maximum atomic E-state index is 12.0. The summed E-state index contributed by atoms with van der Waals surface area (Å²) in [5.74, 6) is 1.36. The number of amides is 1. The van der Waals surface area contributed by atoms with Gasteiger partial charge in [0.25, 0.3) is 0 Å². The van der Waals surface area contributed by atoms with Gasteiger partial charge in [-0.3, -0.25) is 4.79 Å². The van der Waals surface area contributed by atoms with Gasteiger partial charge in [0, 0.05) is 19.2 Å². The predicted octanol–water partition coefficient (Wildman–Crippen LogP) is 1.37. The molecule has 7 nitrogen and oxygen atoms in total. The van der Waals surface area contributed by atoms with Gasteiger partial charge in [0.05, 0.1) is 20.4 Å². The number of likely N-dealkylation sites (N-methyl/N-ethyl adjacent to an activating group) is 1. The second kappa shape index (κ2) is 5.67. The smallest absolute Gasteiger partial charge is 0.247 e. The van der Waals surface area contributed by atoms with Gasteiger partial charge in [0.15, 0.2) is 11.5 Å². The van der Waals surface area contributed by atoms with E-state index < -0.39 is 0 Å². The van der Waals surface area contributed by atoms with E-state index in [0.717, 1.165) is 18.5 Å². The van der Waals surface area contributed by atoms with Gasteiger partial charge >= 0.3 is 0 Å². The van der Waals surface area contributed by atoms with E-state index in [4.69, 9.17) is 9.47 Å². The van der Waals surface area contributed by atoms with Crippen LogP contribution in [0, 0.1) is 0 Å². The van der Waals surface area contributed by atoms with Gasteiger partial charge < -0.3 is 14.4 Å². The van der Waals surface area contributed by atoms with E-state index in [-0.39, 0.29) is 11.9 Å². The lowest BCUT2D eigenvalue weighted by Crippen LogP contribution is -2.24. The molecule has 1 amide bonds. The first kappa shape index (κ1) is 14.4. The number of nitrogens with zero attached hydrogens (tertiary/aromatic N) is 4. The third kappa shape index (κ3) is 2.38. The summed E-state index contributed by atoms with van der Waals surface area (Å²) in [6.45, 7) is 0.745. The summed E-state index contributed by atoms with van der Waals surface area (Å²) in [7, 11) is 4.98. The number of benzene rings is 1. The van der Waals surface area contributed by atoms with Crippen LogP contribution in [0.4, 0.5) is 0 Å². The zero-order chi connectivity index (χ0) is 15.7. The van der Waals surface area contributed by atoms with Crippen molar-refractivity contribution < 1.29 is 14.3 Å². The van der Waals surface area contributed by atoms with E-state index in [1.165, 1.54) is 0 Å². The lowest BCUT2D eigenvalue weighted by atomic mass is 10.1. The number of hydrogen-bond acceptors (Lipinski definition) is 5. The second-order valence-corrected chi connectivity index (χ2v) is 5.22. The number of hydrogen-bond donors (Lipinski definition) is 0. The summed E-state index contributed by atoms with van der Waals surface area (Å²) in [6, 6.07) is 5.29. The molecule has 0 aliphatic carbocycles. The van der Waals surface area contributed by atoms with Crippen molar-refractivity contribution in [3.8, 4) is 22.8 Å². The second-order valence-electron chi connectivity index (χ2n) is 5.22. The molecule has 1 aromatic heterocycles. The van der Waals surface area contributed by atoms with Crippen molar-refractivity contribution in [2.24, 2.45) is 0 Å². The fourth-order valence-corrected chi connectivity index (χ4v) is 2.61. The molecule has 1 unspecified atom stereocenters. The van der Waals surface area contributed by atoms with Crippen molar-refractivity contribution in [2.45, 2.75) is 12.5 Å². The minimum absolute atomic E-state index is 0.0729. The fraction of sp³-hybridized carbons (Fsp3) is 0.400. The van der Waals surface area contributed by atoms with E-state index in [1.807, 2.05) is 18.2 Å². The van der Waals surface area contributed by atoms with Gasteiger partial charge in [-0.1, -0.05) is 5.21 Å². The summed E-state index contributed by atoms with van der Waals surface area (Å²) in [6.07, 6.45) is 2.55. The third-order valence-electron chi connectivity index (χ3n) is 3.91. The average Bonchev–Trinajstić information content (AvgIpc) is 3.14. The molecule has 1 atom stereocenters. The molecule has 0 N–H and O–H groups in total. The number of carbonyl (C=O) groups is 1. The molecule has 0 radical (unpaired) electrons. The maximum Gasteiger partial charge on any atom is 0.247 e. The SMILES string of the molecule is COc1ccc(-c2cn(C3CCN(C)C3=O)nn2)cc1OC. The molecule has 1 fully saturated rings. The number of ether oxygens (including phenoxy) is 2. The zero-order valence-electron chi connectivity index (χ0n) is 12.8. The summed E-state index contributed by atoms with van der Waals surface area (Å²) in [4.78, 5) is 13.7. The van der Waals surface area contributed by atoms with E-state index in [2.05, 4.69) is 10.3 Å². The first-order valence-corrected chi connectivity index (χ1v) is 7.03. The lowest BCUT2D eigenvalue weighted by molar-refractivity contribution is -0.129. The molecule has 116 valence electrons. The maximum absolute atomic E-state index is 12.0. The van der Waals surface area contributed by atoms with Gasteiger partial charge in [-0.25, -0.2) is 4.68 Å². The van der Waals surface area contributed by atoms with E-state index >= 15 is 0 Å². The molecule has 2 heterocycles. The molecular formula is C15H18N4O3. The van der Waals surface area contributed by atoms with Crippen LogP contribution in [-0.2, 0) is 4.79 Å². The van der Waals surface area contributed by atoms with Crippen LogP contribution in [0.1, 0.15) is 12.5 Å². The standard InChI is InChI=1S/C15H18N4O3/c1-18-7-6-12(15(18)20)19-9-11(16-17-19)10-4-5-13(21-2)14(8-10)22-3/h4-5,8-9,12H,6-7H2,1-3H3. The molecule has 7 heteroatoms. The van der Waals surface area contributed by atoms with Crippen LogP contribution in [0.3, 0.4) is 0 Å². The normalized spacial score (nSPS) is 17.9. The number of rotatable bonds is 4. The highest BCUT2D eigenvalue weighted by Gasteiger charge is 2.31. The monoisotopic (exact) mass is 302 g/mol. The third-order valence-corrected chi connectivity index (χ3v) is 3.91. The van der Waals surface area contributed by atoms with Gasteiger partial charge in [-0.05, 0) is 24.6 Å². The van der Waals surface area contributed by atoms with Crippen LogP contribution in [0.25, 0.3) is 11.3 Å². The van der Waals surface area contributed by atoms with Crippen LogP contribution in [-0.4, -0.2) is 53.6 Å². The van der Waals surface area contributed by atoms with Crippen molar-refractivity contribution in [3.05, 3.63) is 24.4 Å². The molecule has 22 heavy (non-hydrogen) atoms. The van der Waals surface area contributed by atoms with Gasteiger partial charge in [-0.15, -0.1) is 5.10 Å². The number of likely N-dealkylation sites (tertiary alicyclic amines) is 1. The van der Waals surface area contributed by atoms with E-state index in [0.29, 0.717) is 17.2 Å². The van der Waals surface area contributed by atoms with Crippen LogP contribution < -0.4 is 9.47 Å². The summed E-state index contributed by atoms with van der Waals surface area (Å²) in [5, 5.41) is 8.27. The molecule has 0 saturated carbocycles. The number of carbonyl (C=O) groups excluding carboxylic acids is 1. The molecule has 2 aromatic rings. The Hall–Kier alpha value is -2.57. The predicted molar refractivity (Wildman–Crippen MR) is 79.9 cm³/mol. The van der Waals surface area contributed by atoms with Crippen molar-refractivity contribution in [2.75, 3.05) is 27.8 Å². The molecule has 0 spiro atoms. The van der Waals surface area contributed by atoms with Crippen LogP contribution in [0.15, 0.2) is 24.4 Å². The highest BCUT2D eigenvalue weighted by molar-refractivity contribution is 5.82. The fourth-order valence-electron chi connectivity index (χ4n) is 2.61. The van der Waals surface area contributed by atoms with Crippen molar-refractivity contribution in [1.29, 1.82) is 0 Å². The van der Waals surface area contributed by atoms with Gasteiger partial charge in [0.1, 0.15) is 11.7 Å². The van der Waals surface area contributed by atoms with Crippen molar-refractivity contribution >= 4 is 5.91 Å². The quantitative estimate of drug-likeness (QED) is 0.853. The van der Waals surface area contributed by atoms with E-state index in [9.17, 15) is 4.79 Å². The Morgan fingerprint density at radius 2 is 2.00 bits per heavy atom. The first-order chi connectivity index (χ1) is 10.6. The minimum atomic E-state index is -0.258. The molecule has 1 aromatic carbocycles. The minimum Gasteiger partial charge on any atom is -0.493 e.